The normalized spacial score (nSPS) is 13.0. The molecule has 2 aromatic rings. The highest BCUT2D eigenvalue weighted by molar-refractivity contribution is 5.72. The van der Waals surface area contributed by atoms with Gasteiger partial charge >= 0.3 is 5.97 Å². The monoisotopic (exact) mass is 355 g/mol. The third-order valence-electron chi connectivity index (χ3n) is 4.32. The van der Waals surface area contributed by atoms with E-state index in [4.69, 9.17) is 9.47 Å². The van der Waals surface area contributed by atoms with Gasteiger partial charge in [0.1, 0.15) is 5.75 Å². The zero-order valence-electron chi connectivity index (χ0n) is 15.9. The van der Waals surface area contributed by atoms with Crippen LogP contribution in [0.1, 0.15) is 30.9 Å². The van der Waals surface area contributed by atoms with Crippen LogP contribution in [0.15, 0.2) is 54.6 Å². The molecule has 26 heavy (non-hydrogen) atoms. The number of carbonyl (C=O) groups excluding carboxylic acids is 1. The molecule has 0 aliphatic carbocycles. The summed E-state index contributed by atoms with van der Waals surface area (Å²) in [7, 11) is 1.40. The van der Waals surface area contributed by atoms with E-state index in [2.05, 4.69) is 43.4 Å². The van der Waals surface area contributed by atoms with Crippen molar-refractivity contribution < 1.29 is 14.3 Å². The van der Waals surface area contributed by atoms with E-state index >= 15 is 0 Å². The van der Waals surface area contributed by atoms with Crippen molar-refractivity contribution in [2.45, 2.75) is 26.2 Å². The number of rotatable bonds is 10. The standard InChI is InChI=1S/C22H29NO3/c1-17(14-23-15-18(2)20-9-5-4-6-10-20)16-26-21-11-7-8-19(12-21)13-22(24)25-3/h4-12,17-18,23H,13-16H2,1-3H3. The van der Waals surface area contributed by atoms with Gasteiger partial charge in [0.05, 0.1) is 20.1 Å². The van der Waals surface area contributed by atoms with Crippen molar-refractivity contribution in [3.63, 3.8) is 0 Å². The minimum absolute atomic E-state index is 0.243. The molecule has 2 atom stereocenters. The molecule has 2 unspecified atom stereocenters. The molecule has 2 aromatic carbocycles. The second-order valence-electron chi connectivity index (χ2n) is 6.79. The first-order chi connectivity index (χ1) is 12.6. The molecule has 0 saturated heterocycles. The van der Waals surface area contributed by atoms with Crippen LogP contribution >= 0.6 is 0 Å². The molecule has 4 nitrogen and oxygen atoms in total. The van der Waals surface area contributed by atoms with Gasteiger partial charge in [-0.05, 0) is 29.2 Å². The molecule has 140 valence electrons. The first-order valence-corrected chi connectivity index (χ1v) is 9.12. The van der Waals surface area contributed by atoms with Gasteiger partial charge in [0.15, 0.2) is 0 Å². The summed E-state index contributed by atoms with van der Waals surface area (Å²) in [5.74, 6) is 1.42. The molecule has 0 spiro atoms. The highest BCUT2D eigenvalue weighted by Crippen LogP contribution is 2.16. The molecule has 0 heterocycles. The predicted molar refractivity (Wildman–Crippen MR) is 105 cm³/mol. The highest BCUT2D eigenvalue weighted by Gasteiger charge is 2.08. The summed E-state index contributed by atoms with van der Waals surface area (Å²) in [6.45, 7) is 6.88. The fourth-order valence-electron chi connectivity index (χ4n) is 2.73. The number of hydrogen-bond donors (Lipinski definition) is 1. The van der Waals surface area contributed by atoms with E-state index in [1.807, 2.05) is 30.3 Å². The summed E-state index contributed by atoms with van der Waals surface area (Å²) in [4.78, 5) is 11.4. The molecular formula is C22H29NO3. The maximum atomic E-state index is 11.4. The lowest BCUT2D eigenvalue weighted by atomic mass is 10.0. The van der Waals surface area contributed by atoms with E-state index in [9.17, 15) is 4.79 Å². The average molecular weight is 355 g/mol. The van der Waals surface area contributed by atoms with Crippen LogP contribution < -0.4 is 10.1 Å². The fourth-order valence-corrected chi connectivity index (χ4v) is 2.73. The molecule has 0 saturated carbocycles. The Hall–Kier alpha value is -2.33. The molecular weight excluding hydrogens is 326 g/mol. The van der Waals surface area contributed by atoms with Crippen molar-refractivity contribution in [1.29, 1.82) is 0 Å². The van der Waals surface area contributed by atoms with Crippen LogP contribution in [0.25, 0.3) is 0 Å². The molecule has 0 fully saturated rings. The first kappa shape index (κ1) is 20.0. The highest BCUT2D eigenvalue weighted by atomic mass is 16.5. The maximum Gasteiger partial charge on any atom is 0.309 e. The number of hydrogen-bond acceptors (Lipinski definition) is 4. The SMILES string of the molecule is COC(=O)Cc1cccc(OCC(C)CNCC(C)c2ccccc2)c1. The van der Waals surface area contributed by atoms with E-state index < -0.39 is 0 Å². The lowest BCUT2D eigenvalue weighted by Crippen LogP contribution is -2.28. The molecule has 0 amide bonds. The van der Waals surface area contributed by atoms with Crippen molar-refractivity contribution in [1.82, 2.24) is 5.32 Å². The Morgan fingerprint density at radius 2 is 1.81 bits per heavy atom. The number of esters is 1. The molecule has 1 N–H and O–H groups in total. The van der Waals surface area contributed by atoms with Crippen LogP contribution in [0.4, 0.5) is 0 Å². The van der Waals surface area contributed by atoms with Gasteiger partial charge in [-0.1, -0.05) is 56.3 Å². The van der Waals surface area contributed by atoms with Gasteiger partial charge < -0.3 is 14.8 Å². The third-order valence-corrected chi connectivity index (χ3v) is 4.32. The number of ether oxygens (including phenoxy) is 2. The zero-order valence-corrected chi connectivity index (χ0v) is 15.9. The minimum atomic E-state index is -0.243. The predicted octanol–water partition coefficient (Wildman–Crippen LogP) is 3.81. The number of benzene rings is 2. The van der Waals surface area contributed by atoms with Crippen LogP contribution in [0, 0.1) is 5.92 Å². The molecule has 0 bridgehead atoms. The van der Waals surface area contributed by atoms with E-state index in [-0.39, 0.29) is 12.4 Å². The largest absolute Gasteiger partial charge is 0.493 e. The summed E-state index contributed by atoms with van der Waals surface area (Å²) in [6.07, 6.45) is 0.266. The average Bonchev–Trinajstić information content (AvgIpc) is 2.67. The summed E-state index contributed by atoms with van der Waals surface area (Å²) >= 11 is 0. The smallest absolute Gasteiger partial charge is 0.309 e. The van der Waals surface area contributed by atoms with E-state index in [0.717, 1.165) is 24.4 Å². The van der Waals surface area contributed by atoms with Gasteiger partial charge in [0.2, 0.25) is 0 Å². The van der Waals surface area contributed by atoms with Crippen LogP contribution in [0.3, 0.4) is 0 Å². The van der Waals surface area contributed by atoms with Gasteiger partial charge in [0.25, 0.3) is 0 Å². The van der Waals surface area contributed by atoms with Crippen LogP contribution in [0.5, 0.6) is 5.75 Å². The molecule has 0 aromatic heterocycles. The lowest BCUT2D eigenvalue weighted by molar-refractivity contribution is -0.139. The van der Waals surface area contributed by atoms with Crippen molar-refractivity contribution in [3.8, 4) is 5.75 Å². The Morgan fingerprint density at radius 3 is 2.54 bits per heavy atom. The topological polar surface area (TPSA) is 47.6 Å². The second kappa shape index (κ2) is 10.6. The maximum absolute atomic E-state index is 11.4. The Labute approximate surface area is 156 Å². The Bertz CT molecular complexity index is 672. The summed E-state index contributed by atoms with van der Waals surface area (Å²) < 4.78 is 10.6. The summed E-state index contributed by atoms with van der Waals surface area (Å²) in [6, 6.07) is 18.2. The Balaban J connectivity index is 1.71. The molecule has 2 rings (SSSR count). The van der Waals surface area contributed by atoms with Gasteiger partial charge in [-0.3, -0.25) is 4.79 Å². The van der Waals surface area contributed by atoms with Gasteiger partial charge in [0, 0.05) is 19.0 Å². The quantitative estimate of drug-likeness (QED) is 0.659. The van der Waals surface area contributed by atoms with E-state index in [1.165, 1.54) is 12.7 Å². The molecule has 0 aliphatic rings. The number of nitrogens with one attached hydrogen (secondary N) is 1. The van der Waals surface area contributed by atoms with Gasteiger partial charge in [-0.15, -0.1) is 0 Å². The van der Waals surface area contributed by atoms with E-state index in [1.54, 1.807) is 0 Å². The van der Waals surface area contributed by atoms with Crippen LogP contribution in [-0.4, -0.2) is 32.8 Å². The minimum Gasteiger partial charge on any atom is -0.493 e. The zero-order chi connectivity index (χ0) is 18.8. The van der Waals surface area contributed by atoms with Crippen LogP contribution in [0.2, 0.25) is 0 Å². The molecule has 4 heteroatoms. The van der Waals surface area contributed by atoms with Gasteiger partial charge in [-0.2, -0.15) is 0 Å². The van der Waals surface area contributed by atoms with E-state index in [0.29, 0.717) is 18.4 Å². The lowest BCUT2D eigenvalue weighted by Gasteiger charge is -2.17. The Morgan fingerprint density at radius 1 is 1.04 bits per heavy atom. The second-order valence-corrected chi connectivity index (χ2v) is 6.79. The first-order valence-electron chi connectivity index (χ1n) is 9.12. The van der Waals surface area contributed by atoms with Gasteiger partial charge in [-0.25, -0.2) is 0 Å². The third kappa shape index (κ3) is 6.89. The van der Waals surface area contributed by atoms with Crippen LogP contribution in [-0.2, 0) is 16.0 Å². The summed E-state index contributed by atoms with van der Waals surface area (Å²) in [5.41, 5.74) is 2.25. The number of carbonyl (C=O) groups is 1. The Kier molecular flexibility index (Phi) is 8.16. The van der Waals surface area contributed by atoms with Crippen molar-refractivity contribution in [2.75, 3.05) is 26.8 Å². The fraction of sp³-hybridized carbons (Fsp3) is 0.409. The molecule has 0 radical (unpaired) electrons. The van der Waals surface area contributed by atoms with Crippen molar-refractivity contribution >= 4 is 5.97 Å². The van der Waals surface area contributed by atoms with Crippen molar-refractivity contribution in [3.05, 3.63) is 65.7 Å². The van der Waals surface area contributed by atoms with Crippen molar-refractivity contribution in [2.24, 2.45) is 5.92 Å². The number of methoxy groups -OCH3 is 1. The molecule has 0 aliphatic heterocycles. The summed E-state index contributed by atoms with van der Waals surface area (Å²) in [5, 5.41) is 3.52.